The van der Waals surface area contributed by atoms with Gasteiger partial charge in [0, 0.05) is 6.54 Å². The molecule has 0 aliphatic carbocycles. The van der Waals surface area contributed by atoms with Crippen molar-refractivity contribution in [3.05, 3.63) is 0 Å². The Labute approximate surface area is 379 Å². The highest BCUT2D eigenvalue weighted by Gasteiger charge is 2.35. The number of unbranched alkanes of at least 4 members (excludes halogenated alkanes) is 2. The zero-order valence-corrected chi connectivity index (χ0v) is 38.2. The topological polar surface area (TPSA) is 441 Å². The molecule has 0 heterocycles. The summed E-state index contributed by atoms with van der Waals surface area (Å²) < 4.78 is 0. The summed E-state index contributed by atoms with van der Waals surface area (Å²) in [6.45, 7) is 8.28. The first kappa shape index (κ1) is 59.3. The van der Waals surface area contributed by atoms with Crippen molar-refractivity contribution in [2.45, 2.75) is 154 Å². The monoisotopic (exact) mass is 930 g/mol. The summed E-state index contributed by atoms with van der Waals surface area (Å²) in [5, 5.41) is 46.0. The molecular weight excluding hydrogens is 855 g/mol. The third-order valence-electron chi connectivity index (χ3n) is 10.6. The molecule has 0 unspecified atom stereocenters. The first-order valence-electron chi connectivity index (χ1n) is 22.0. The van der Waals surface area contributed by atoms with Gasteiger partial charge in [-0.25, -0.2) is 4.79 Å². The summed E-state index contributed by atoms with van der Waals surface area (Å²) in [4.78, 5) is 121. The molecule has 0 spiro atoms. The van der Waals surface area contributed by atoms with Crippen molar-refractivity contribution >= 4 is 59.2 Å². The first-order chi connectivity index (χ1) is 30.5. The van der Waals surface area contributed by atoms with E-state index >= 15 is 0 Å². The number of nitrogens with zero attached hydrogens (tertiary/aromatic N) is 1. The van der Waals surface area contributed by atoms with Crippen LogP contribution in [0.5, 0.6) is 0 Å². The number of rotatable bonds is 34. The molecule has 0 aliphatic rings. The van der Waals surface area contributed by atoms with Crippen LogP contribution < -0.4 is 65.9 Å². The van der Waals surface area contributed by atoms with Crippen molar-refractivity contribution in [2.24, 2.45) is 45.5 Å². The molecule has 0 rings (SSSR count). The van der Waals surface area contributed by atoms with Gasteiger partial charge in [0.05, 0.1) is 25.1 Å². The fourth-order valence-corrected chi connectivity index (χ4v) is 6.12. The van der Waals surface area contributed by atoms with E-state index < -0.39 is 121 Å². The van der Waals surface area contributed by atoms with Gasteiger partial charge in [0.2, 0.25) is 41.4 Å². The minimum absolute atomic E-state index is 0.0219. The molecule has 372 valence electrons. The van der Waals surface area contributed by atoms with Crippen molar-refractivity contribution in [1.29, 1.82) is 0 Å². The Morgan fingerprint density at radius 2 is 1.03 bits per heavy atom. The van der Waals surface area contributed by atoms with E-state index in [1.807, 2.05) is 12.2 Å². The van der Waals surface area contributed by atoms with E-state index in [0.717, 1.165) is 6.92 Å². The van der Waals surface area contributed by atoms with Crippen LogP contribution in [0.3, 0.4) is 0 Å². The number of guanidine groups is 1. The van der Waals surface area contributed by atoms with Gasteiger partial charge in [0.15, 0.2) is 5.96 Å². The fraction of sp³-hybridized carbons (Fsp3) is 0.750. The second kappa shape index (κ2) is 32.1. The van der Waals surface area contributed by atoms with E-state index in [1.165, 1.54) is 0 Å². The predicted octanol–water partition coefficient (Wildman–Crippen LogP) is -4.32. The van der Waals surface area contributed by atoms with Crippen molar-refractivity contribution in [2.75, 3.05) is 26.2 Å². The molecule has 0 saturated carbocycles. The van der Waals surface area contributed by atoms with Gasteiger partial charge in [-0.1, -0.05) is 40.5 Å². The van der Waals surface area contributed by atoms with Crippen LogP contribution in [0.15, 0.2) is 4.99 Å². The maximum absolute atomic E-state index is 13.9. The van der Waals surface area contributed by atoms with Gasteiger partial charge < -0.3 is 81.2 Å². The lowest BCUT2D eigenvalue weighted by atomic mass is 9.97. The fourth-order valence-electron chi connectivity index (χ4n) is 6.12. The third kappa shape index (κ3) is 23.7. The van der Waals surface area contributed by atoms with Gasteiger partial charge in [-0.3, -0.25) is 43.3 Å². The average Bonchev–Trinajstić information content (AvgIpc) is 3.24. The zero-order chi connectivity index (χ0) is 49.8. The Morgan fingerprint density at radius 3 is 1.51 bits per heavy atom. The van der Waals surface area contributed by atoms with Gasteiger partial charge in [-0.2, -0.15) is 0 Å². The molecule has 0 aliphatic heterocycles. The molecule has 0 aromatic rings. The highest BCUT2D eigenvalue weighted by atomic mass is 16.4. The standard InChI is InChI=1S/C40H75N13O12/c1-6-21(3)30(43)36(61)49-24(15-12-18-46-40(44)45)33(58)47-20-28(55)52-31(22(4)7-2)37(62)50-25(13-8-10-16-41)34(59)48-26(14-9-11-17-42)35(60)53-32(23(5)54)38(63)51-27(39(64)65)19-29(56)57/h21-27,30-32,54H,6-20,41-43H2,1-5H3,(H,47,58)(H,48,59)(H,49,61)(H,50,62)(H,51,63)(H,52,55)(H,53,60)(H,56,57)(H,64,65)(H4,44,45,46)/t21-,22-,23+,24-,25-,26-,27-,30-,31-,32-/m0/s1. The second-order valence-corrected chi connectivity index (χ2v) is 16.0. The van der Waals surface area contributed by atoms with Crippen LogP contribution in [0, 0.1) is 11.8 Å². The lowest BCUT2D eigenvalue weighted by molar-refractivity contribution is -0.148. The summed E-state index contributed by atoms with van der Waals surface area (Å²) >= 11 is 0. The summed E-state index contributed by atoms with van der Waals surface area (Å²) in [6, 6.07) is -9.54. The van der Waals surface area contributed by atoms with Crippen LogP contribution in [-0.4, -0.2) is 149 Å². The molecule has 20 N–H and O–H groups in total. The quantitative estimate of drug-likeness (QED) is 0.0165. The molecule has 0 radical (unpaired) electrons. The van der Waals surface area contributed by atoms with Gasteiger partial charge in [0.25, 0.3) is 0 Å². The number of nitrogens with two attached hydrogens (primary N) is 5. The SMILES string of the molecule is CC[C@H](C)[C@H](N)C(=O)N[C@@H](CCCN=C(N)N)C(=O)NCC(=O)N[C@H](C(=O)N[C@@H](CCCCN)C(=O)N[C@@H](CCCCN)C(=O)N[C@H](C(=O)N[C@@H](CC(=O)O)C(=O)O)[C@@H](C)O)[C@@H](C)CC. The zero-order valence-electron chi connectivity index (χ0n) is 38.2. The molecule has 25 heteroatoms. The van der Waals surface area contributed by atoms with Crippen LogP contribution in [-0.2, 0) is 43.2 Å². The highest BCUT2D eigenvalue weighted by molar-refractivity contribution is 5.97. The van der Waals surface area contributed by atoms with Gasteiger partial charge >= 0.3 is 11.9 Å². The second-order valence-electron chi connectivity index (χ2n) is 16.0. The molecule has 0 aromatic heterocycles. The number of nitrogens with one attached hydrogen (secondary N) is 7. The Hall–Kier alpha value is -5.66. The Balaban J connectivity index is 6.28. The molecule has 0 aromatic carbocycles. The number of aliphatic imine (C=N–C) groups is 1. The molecular formula is C40H75N13O12. The Kier molecular flexibility index (Phi) is 29.3. The number of carbonyl (C=O) groups is 9. The summed E-state index contributed by atoms with van der Waals surface area (Å²) in [5.74, 6) is -9.83. The van der Waals surface area contributed by atoms with Gasteiger partial charge in [-0.05, 0) is 83.2 Å². The number of amides is 7. The summed E-state index contributed by atoms with van der Waals surface area (Å²) in [7, 11) is 0. The van der Waals surface area contributed by atoms with E-state index in [-0.39, 0.29) is 50.8 Å². The smallest absolute Gasteiger partial charge is 0.326 e. The predicted molar refractivity (Wildman–Crippen MR) is 239 cm³/mol. The first-order valence-corrected chi connectivity index (χ1v) is 22.0. The van der Waals surface area contributed by atoms with Crippen LogP contribution in [0.25, 0.3) is 0 Å². The maximum Gasteiger partial charge on any atom is 0.326 e. The highest BCUT2D eigenvalue weighted by Crippen LogP contribution is 2.12. The summed E-state index contributed by atoms with van der Waals surface area (Å²) in [6.07, 6.45) is 0.341. The number of carboxylic acid groups (broad SMARTS) is 2. The van der Waals surface area contributed by atoms with E-state index in [4.69, 9.17) is 33.8 Å². The van der Waals surface area contributed by atoms with E-state index in [1.54, 1.807) is 20.8 Å². The summed E-state index contributed by atoms with van der Waals surface area (Å²) in [5.41, 5.74) is 28.2. The van der Waals surface area contributed by atoms with Crippen LogP contribution >= 0.6 is 0 Å². The molecule has 0 bridgehead atoms. The lowest BCUT2D eigenvalue weighted by Gasteiger charge is -2.29. The van der Waals surface area contributed by atoms with E-state index in [9.17, 15) is 53.4 Å². The molecule has 0 fully saturated rings. The number of carboxylic acids is 2. The molecule has 10 atom stereocenters. The molecule has 25 nitrogen and oxygen atoms in total. The van der Waals surface area contributed by atoms with Gasteiger partial charge in [0.1, 0.15) is 36.3 Å². The minimum Gasteiger partial charge on any atom is -0.481 e. The van der Waals surface area contributed by atoms with Crippen molar-refractivity contribution in [1.82, 2.24) is 37.2 Å². The number of carbonyl (C=O) groups excluding carboxylic acids is 7. The number of aliphatic hydroxyl groups is 1. The van der Waals surface area contributed by atoms with Crippen molar-refractivity contribution < 1.29 is 58.5 Å². The van der Waals surface area contributed by atoms with Crippen molar-refractivity contribution in [3.63, 3.8) is 0 Å². The molecule has 0 saturated heterocycles. The Bertz CT molecular complexity index is 1600. The Morgan fingerprint density at radius 1 is 0.569 bits per heavy atom. The van der Waals surface area contributed by atoms with Crippen LogP contribution in [0.4, 0.5) is 0 Å². The van der Waals surface area contributed by atoms with Crippen LogP contribution in [0.2, 0.25) is 0 Å². The largest absolute Gasteiger partial charge is 0.481 e. The normalized spacial score (nSPS) is 15.6. The molecule has 7 amide bonds. The average molecular weight is 930 g/mol. The number of hydrogen-bond donors (Lipinski definition) is 15. The third-order valence-corrected chi connectivity index (χ3v) is 10.6. The van der Waals surface area contributed by atoms with E-state index in [2.05, 4.69) is 36.9 Å². The van der Waals surface area contributed by atoms with E-state index in [0.29, 0.717) is 44.9 Å². The maximum atomic E-state index is 13.9. The number of hydrogen-bond acceptors (Lipinski definition) is 14. The van der Waals surface area contributed by atoms with Crippen LogP contribution in [0.1, 0.15) is 105 Å². The molecule has 65 heavy (non-hydrogen) atoms. The lowest BCUT2D eigenvalue weighted by Crippen LogP contribution is -2.61. The number of aliphatic carboxylic acids is 2. The van der Waals surface area contributed by atoms with Gasteiger partial charge in [-0.15, -0.1) is 0 Å². The van der Waals surface area contributed by atoms with Crippen molar-refractivity contribution in [3.8, 4) is 0 Å². The number of aliphatic hydroxyl groups excluding tert-OH is 1. The minimum atomic E-state index is -1.89.